The first-order valence-corrected chi connectivity index (χ1v) is 9.61. The van der Waals surface area contributed by atoms with Crippen molar-refractivity contribution >= 4 is 12.6 Å². The summed E-state index contributed by atoms with van der Waals surface area (Å²) in [5, 5.41) is 0. The minimum absolute atomic E-state index is 0.0442. The Morgan fingerprint density at radius 3 is 1.69 bits per heavy atom. The van der Waals surface area contributed by atoms with Crippen LogP contribution in [0, 0.1) is 6.92 Å². The Hall–Kier alpha value is -0.995. The molecule has 0 aliphatic carbocycles. The van der Waals surface area contributed by atoms with Crippen molar-refractivity contribution in [3.05, 3.63) is 22.8 Å². The molecule has 0 atom stereocenters. The molecular weight excluding hydrogens is 323 g/mol. The lowest BCUT2D eigenvalue weighted by atomic mass is 9.68. The van der Waals surface area contributed by atoms with Crippen LogP contribution >= 0.6 is 0 Å². The van der Waals surface area contributed by atoms with Crippen LogP contribution in [0.1, 0.15) is 85.9 Å². The molecule has 0 bridgehead atoms. The summed E-state index contributed by atoms with van der Waals surface area (Å²) in [6.07, 6.45) is 0. The van der Waals surface area contributed by atoms with Gasteiger partial charge in [0.15, 0.2) is 0 Å². The normalized spacial score (nSPS) is 19.8. The van der Waals surface area contributed by atoms with E-state index in [1.54, 1.807) is 7.11 Å². The Morgan fingerprint density at radius 1 is 0.885 bits per heavy atom. The average molecular weight is 360 g/mol. The molecule has 26 heavy (non-hydrogen) atoms. The fourth-order valence-electron chi connectivity index (χ4n) is 3.67. The second kappa shape index (κ2) is 6.27. The first-order chi connectivity index (χ1) is 11.5. The first kappa shape index (κ1) is 21.3. The molecule has 3 nitrogen and oxygen atoms in total. The van der Waals surface area contributed by atoms with Crippen LogP contribution in [0.4, 0.5) is 0 Å². The number of rotatable bonds is 2. The highest BCUT2D eigenvalue weighted by molar-refractivity contribution is 6.62. The second-order valence-electron chi connectivity index (χ2n) is 10.6. The van der Waals surface area contributed by atoms with Crippen molar-refractivity contribution in [2.75, 3.05) is 7.11 Å². The standard InChI is InChI=1S/C22H37BO3/c1-14-16(23-25-21(8,9)22(10,11)26-23)13-15(19(2,3)4)18(24-12)17(14)20(5,6)7/h13H,1-12H3. The fraction of sp³-hybridized carbons (Fsp3) is 0.727. The van der Waals surface area contributed by atoms with Gasteiger partial charge in [0, 0.05) is 5.56 Å². The van der Waals surface area contributed by atoms with Crippen LogP contribution in [-0.2, 0) is 20.1 Å². The molecule has 1 aliphatic heterocycles. The largest absolute Gasteiger partial charge is 0.496 e. The minimum Gasteiger partial charge on any atom is -0.496 e. The lowest BCUT2D eigenvalue weighted by Crippen LogP contribution is -2.41. The smallest absolute Gasteiger partial charge is 0.495 e. The molecule has 1 saturated heterocycles. The van der Waals surface area contributed by atoms with E-state index in [1.165, 1.54) is 16.7 Å². The van der Waals surface area contributed by atoms with Gasteiger partial charge < -0.3 is 14.0 Å². The predicted octanol–water partition coefficient (Wildman–Crippen LogP) is 4.90. The van der Waals surface area contributed by atoms with Crippen LogP contribution in [0.3, 0.4) is 0 Å². The monoisotopic (exact) mass is 360 g/mol. The molecule has 4 heteroatoms. The van der Waals surface area contributed by atoms with Gasteiger partial charge in [-0.05, 0) is 62.0 Å². The molecule has 2 rings (SSSR count). The molecule has 1 heterocycles. The third kappa shape index (κ3) is 3.55. The molecule has 1 aromatic carbocycles. The van der Waals surface area contributed by atoms with E-state index in [1.807, 2.05) is 0 Å². The summed E-state index contributed by atoms with van der Waals surface area (Å²) in [5.74, 6) is 0.989. The summed E-state index contributed by atoms with van der Waals surface area (Å²) in [5.41, 5.74) is 3.94. The lowest BCUT2D eigenvalue weighted by Gasteiger charge is -2.32. The number of ether oxygens (including phenoxy) is 1. The summed E-state index contributed by atoms with van der Waals surface area (Å²) in [6, 6.07) is 2.23. The van der Waals surface area contributed by atoms with Gasteiger partial charge in [0.05, 0.1) is 18.3 Å². The lowest BCUT2D eigenvalue weighted by molar-refractivity contribution is 0.00578. The van der Waals surface area contributed by atoms with E-state index in [0.717, 1.165) is 11.2 Å². The van der Waals surface area contributed by atoms with Crippen LogP contribution in [-0.4, -0.2) is 25.4 Å². The Labute approximate surface area is 160 Å². The average Bonchev–Trinajstić information content (AvgIpc) is 2.63. The molecule has 0 saturated carbocycles. The van der Waals surface area contributed by atoms with Crippen molar-refractivity contribution in [2.45, 2.75) is 98.2 Å². The van der Waals surface area contributed by atoms with Crippen LogP contribution in [0.15, 0.2) is 6.07 Å². The molecule has 1 aromatic rings. The Kier molecular flexibility index (Phi) is 5.14. The Bertz CT molecular complexity index is 675. The number of methoxy groups -OCH3 is 1. The summed E-state index contributed by atoms with van der Waals surface area (Å²) in [7, 11) is 1.40. The topological polar surface area (TPSA) is 27.7 Å². The molecule has 0 amide bonds. The van der Waals surface area contributed by atoms with Gasteiger partial charge in [0.2, 0.25) is 0 Å². The second-order valence-corrected chi connectivity index (χ2v) is 10.6. The Balaban J connectivity index is 2.77. The summed E-state index contributed by atoms with van der Waals surface area (Å²) < 4.78 is 18.7. The zero-order valence-electron chi connectivity index (χ0n) is 18.9. The molecular formula is C22H37BO3. The van der Waals surface area contributed by atoms with Crippen molar-refractivity contribution in [2.24, 2.45) is 0 Å². The molecule has 1 fully saturated rings. The highest BCUT2D eigenvalue weighted by Gasteiger charge is 2.52. The maximum atomic E-state index is 6.38. The van der Waals surface area contributed by atoms with E-state index in [-0.39, 0.29) is 29.2 Å². The van der Waals surface area contributed by atoms with Crippen molar-refractivity contribution in [1.82, 2.24) is 0 Å². The van der Waals surface area contributed by atoms with E-state index in [0.29, 0.717) is 0 Å². The van der Waals surface area contributed by atoms with Gasteiger partial charge in [-0.3, -0.25) is 0 Å². The number of hydrogen-bond donors (Lipinski definition) is 0. The number of benzene rings is 1. The van der Waals surface area contributed by atoms with Crippen LogP contribution in [0.2, 0.25) is 0 Å². The van der Waals surface area contributed by atoms with Crippen LogP contribution in [0.5, 0.6) is 5.75 Å². The molecule has 1 aliphatic rings. The summed E-state index contributed by atoms with van der Waals surface area (Å²) >= 11 is 0. The molecule has 0 radical (unpaired) electrons. The minimum atomic E-state index is -0.367. The zero-order chi connectivity index (χ0) is 20.3. The summed E-state index contributed by atoms with van der Waals surface area (Å²) in [6.45, 7) is 23.9. The zero-order valence-corrected chi connectivity index (χ0v) is 18.9. The SMILES string of the molecule is COc1c(C(C)(C)C)cc(B2OC(C)(C)C(C)(C)O2)c(C)c1C(C)(C)C. The van der Waals surface area contributed by atoms with Gasteiger partial charge in [-0.2, -0.15) is 0 Å². The molecule has 146 valence electrons. The summed E-state index contributed by atoms with van der Waals surface area (Å²) in [4.78, 5) is 0. The van der Waals surface area contributed by atoms with Gasteiger partial charge in [0.25, 0.3) is 0 Å². The predicted molar refractivity (Wildman–Crippen MR) is 111 cm³/mol. The van der Waals surface area contributed by atoms with Gasteiger partial charge in [0.1, 0.15) is 5.75 Å². The van der Waals surface area contributed by atoms with E-state index >= 15 is 0 Å². The molecule has 0 unspecified atom stereocenters. The maximum absolute atomic E-state index is 6.38. The first-order valence-electron chi connectivity index (χ1n) is 9.61. The molecule has 0 aromatic heterocycles. The molecule has 0 N–H and O–H groups in total. The van der Waals surface area contributed by atoms with Gasteiger partial charge in [-0.1, -0.05) is 47.6 Å². The van der Waals surface area contributed by atoms with Crippen LogP contribution < -0.4 is 10.2 Å². The van der Waals surface area contributed by atoms with Crippen LogP contribution in [0.25, 0.3) is 0 Å². The third-order valence-corrected chi connectivity index (χ3v) is 5.85. The van der Waals surface area contributed by atoms with Crippen molar-refractivity contribution in [3.63, 3.8) is 0 Å². The third-order valence-electron chi connectivity index (χ3n) is 5.85. The molecule has 0 spiro atoms. The van der Waals surface area contributed by atoms with E-state index in [4.69, 9.17) is 14.0 Å². The van der Waals surface area contributed by atoms with Gasteiger partial charge in [-0.25, -0.2) is 0 Å². The quantitative estimate of drug-likeness (QED) is 0.703. The van der Waals surface area contributed by atoms with E-state index < -0.39 is 0 Å². The van der Waals surface area contributed by atoms with Crippen molar-refractivity contribution in [1.29, 1.82) is 0 Å². The maximum Gasteiger partial charge on any atom is 0.495 e. The van der Waals surface area contributed by atoms with Crippen molar-refractivity contribution in [3.8, 4) is 5.75 Å². The van der Waals surface area contributed by atoms with Crippen molar-refractivity contribution < 1.29 is 14.0 Å². The highest BCUT2D eigenvalue weighted by Crippen LogP contribution is 2.42. The van der Waals surface area contributed by atoms with Gasteiger partial charge >= 0.3 is 7.12 Å². The number of hydrogen-bond acceptors (Lipinski definition) is 3. The fourth-order valence-corrected chi connectivity index (χ4v) is 3.67. The van der Waals surface area contributed by atoms with E-state index in [9.17, 15) is 0 Å². The van der Waals surface area contributed by atoms with Gasteiger partial charge in [-0.15, -0.1) is 0 Å². The highest BCUT2D eigenvalue weighted by atomic mass is 16.7. The van der Waals surface area contributed by atoms with E-state index in [2.05, 4.69) is 82.2 Å². The Morgan fingerprint density at radius 2 is 1.35 bits per heavy atom.